The van der Waals surface area contributed by atoms with Crippen LogP contribution in [0.25, 0.3) is 5.69 Å². The molecule has 3 N–H and O–H groups in total. The molecule has 1 aromatic carbocycles. The molecule has 1 amide bonds. The molecular formula is C18H22N2O5. The number of carbonyl (C=O) groups is 2. The zero-order chi connectivity index (χ0) is 18.8. The number of amides is 1. The third-order valence-electron chi connectivity index (χ3n) is 4.06. The molecule has 2 rings (SSSR count). The first-order chi connectivity index (χ1) is 11.7. The fraction of sp³-hybridized carbons (Fsp3) is 0.333. The van der Waals surface area contributed by atoms with E-state index in [1.807, 2.05) is 42.7 Å². The van der Waals surface area contributed by atoms with Crippen LogP contribution in [-0.2, 0) is 4.79 Å². The van der Waals surface area contributed by atoms with Crippen LogP contribution in [0.1, 0.15) is 28.7 Å². The monoisotopic (exact) mass is 346 g/mol. The van der Waals surface area contributed by atoms with Crippen LogP contribution in [0.15, 0.2) is 30.3 Å². The number of hydrogen-bond acceptors (Lipinski definition) is 4. The van der Waals surface area contributed by atoms with E-state index in [0.717, 1.165) is 29.7 Å². The highest BCUT2D eigenvalue weighted by molar-refractivity contribution is 5.96. The molecule has 0 aliphatic carbocycles. The molecular weight excluding hydrogens is 324 g/mol. The molecule has 1 aromatic heterocycles. The second-order valence-electron chi connectivity index (χ2n) is 6.08. The molecule has 1 unspecified atom stereocenters. The molecule has 0 fully saturated rings. The normalized spacial score (nSPS) is 13.2. The number of ether oxygens (including phenoxy) is 1. The Morgan fingerprint density at radius 3 is 2.36 bits per heavy atom. The van der Waals surface area contributed by atoms with Crippen molar-refractivity contribution in [1.29, 1.82) is 0 Å². The van der Waals surface area contributed by atoms with Gasteiger partial charge >= 0.3 is 5.97 Å². The number of aromatic nitrogens is 1. The number of methoxy groups -OCH3 is 1. The number of rotatable bonds is 6. The summed E-state index contributed by atoms with van der Waals surface area (Å²) in [6.07, 6.45) is 0. The SMILES string of the molecule is COc1ccc(-n2c(C)cc(C(=O)NCC(C)(O)C(=O)O)c2C)cc1. The van der Waals surface area contributed by atoms with E-state index in [9.17, 15) is 14.7 Å². The molecule has 0 saturated carbocycles. The van der Waals surface area contributed by atoms with Crippen molar-refractivity contribution in [2.75, 3.05) is 13.7 Å². The van der Waals surface area contributed by atoms with Gasteiger partial charge in [0.1, 0.15) is 5.75 Å². The number of benzene rings is 1. The summed E-state index contributed by atoms with van der Waals surface area (Å²) in [5.41, 5.74) is 0.867. The van der Waals surface area contributed by atoms with Crippen molar-refractivity contribution in [3.8, 4) is 11.4 Å². The first-order valence-electron chi connectivity index (χ1n) is 7.74. The number of carboxylic acids is 1. The number of carboxylic acid groups (broad SMARTS) is 1. The summed E-state index contributed by atoms with van der Waals surface area (Å²) in [5.74, 6) is -1.09. The molecule has 2 aromatic rings. The predicted octanol–water partition coefficient (Wildman–Crippen LogP) is 1.67. The Labute approximate surface area is 145 Å². The zero-order valence-corrected chi connectivity index (χ0v) is 14.7. The van der Waals surface area contributed by atoms with Crippen molar-refractivity contribution in [3.05, 3.63) is 47.3 Å². The molecule has 25 heavy (non-hydrogen) atoms. The van der Waals surface area contributed by atoms with Crippen molar-refractivity contribution in [3.63, 3.8) is 0 Å². The molecule has 7 nitrogen and oxygen atoms in total. The first-order valence-corrected chi connectivity index (χ1v) is 7.74. The maximum atomic E-state index is 12.4. The predicted molar refractivity (Wildman–Crippen MR) is 92.4 cm³/mol. The number of aliphatic carboxylic acids is 1. The van der Waals surface area contributed by atoms with Gasteiger partial charge in [0.25, 0.3) is 5.91 Å². The molecule has 1 heterocycles. The molecule has 0 spiro atoms. The summed E-state index contributed by atoms with van der Waals surface area (Å²) < 4.78 is 7.07. The quantitative estimate of drug-likeness (QED) is 0.739. The molecule has 0 saturated heterocycles. The summed E-state index contributed by atoms with van der Waals surface area (Å²) in [6, 6.07) is 9.16. The molecule has 0 radical (unpaired) electrons. The van der Waals surface area contributed by atoms with E-state index in [4.69, 9.17) is 9.84 Å². The van der Waals surface area contributed by atoms with E-state index < -0.39 is 17.5 Å². The largest absolute Gasteiger partial charge is 0.497 e. The van der Waals surface area contributed by atoms with Gasteiger partial charge in [-0.05, 0) is 51.1 Å². The Kier molecular flexibility index (Phi) is 5.18. The van der Waals surface area contributed by atoms with Crippen LogP contribution in [-0.4, -0.2) is 45.9 Å². The summed E-state index contributed by atoms with van der Waals surface area (Å²) >= 11 is 0. The average Bonchev–Trinajstić information content (AvgIpc) is 2.87. The van der Waals surface area contributed by atoms with Crippen LogP contribution in [0.2, 0.25) is 0 Å². The Hall–Kier alpha value is -2.80. The highest BCUT2D eigenvalue weighted by Crippen LogP contribution is 2.22. The van der Waals surface area contributed by atoms with E-state index >= 15 is 0 Å². The van der Waals surface area contributed by atoms with Crippen LogP contribution in [0.4, 0.5) is 0 Å². The van der Waals surface area contributed by atoms with Crippen LogP contribution >= 0.6 is 0 Å². The van der Waals surface area contributed by atoms with Gasteiger partial charge in [-0.3, -0.25) is 4.79 Å². The maximum absolute atomic E-state index is 12.4. The van der Waals surface area contributed by atoms with Gasteiger partial charge in [0.2, 0.25) is 0 Å². The Balaban J connectivity index is 2.26. The van der Waals surface area contributed by atoms with Crippen molar-refractivity contribution in [1.82, 2.24) is 9.88 Å². The van der Waals surface area contributed by atoms with E-state index in [0.29, 0.717) is 5.56 Å². The zero-order valence-electron chi connectivity index (χ0n) is 14.7. The number of hydrogen-bond donors (Lipinski definition) is 3. The van der Waals surface area contributed by atoms with Crippen molar-refractivity contribution in [2.45, 2.75) is 26.4 Å². The molecule has 1 atom stereocenters. The number of aryl methyl sites for hydroxylation is 1. The fourth-order valence-electron chi connectivity index (χ4n) is 2.54. The minimum absolute atomic E-state index is 0.382. The van der Waals surface area contributed by atoms with E-state index in [1.165, 1.54) is 0 Å². The Bertz CT molecular complexity index is 791. The Morgan fingerprint density at radius 2 is 1.84 bits per heavy atom. The summed E-state index contributed by atoms with van der Waals surface area (Å²) in [5, 5.41) is 21.1. The van der Waals surface area contributed by atoms with Gasteiger partial charge in [0, 0.05) is 17.1 Å². The second-order valence-corrected chi connectivity index (χ2v) is 6.08. The molecule has 0 bridgehead atoms. The maximum Gasteiger partial charge on any atom is 0.337 e. The minimum atomic E-state index is -2.02. The van der Waals surface area contributed by atoms with Gasteiger partial charge in [0.05, 0.1) is 19.2 Å². The highest BCUT2D eigenvalue weighted by atomic mass is 16.5. The van der Waals surface area contributed by atoms with E-state index in [-0.39, 0.29) is 6.54 Å². The van der Waals surface area contributed by atoms with Gasteiger partial charge in [-0.1, -0.05) is 0 Å². The summed E-state index contributed by atoms with van der Waals surface area (Å²) in [6.45, 7) is 4.44. The lowest BCUT2D eigenvalue weighted by Crippen LogP contribution is -2.46. The fourth-order valence-corrected chi connectivity index (χ4v) is 2.54. The van der Waals surface area contributed by atoms with Crippen LogP contribution < -0.4 is 10.1 Å². The topological polar surface area (TPSA) is 101 Å². The van der Waals surface area contributed by atoms with E-state index in [1.54, 1.807) is 13.2 Å². The highest BCUT2D eigenvalue weighted by Gasteiger charge is 2.30. The summed E-state index contributed by atoms with van der Waals surface area (Å²) in [7, 11) is 1.59. The Morgan fingerprint density at radius 1 is 1.24 bits per heavy atom. The van der Waals surface area contributed by atoms with Crippen LogP contribution in [0, 0.1) is 13.8 Å². The average molecular weight is 346 g/mol. The molecule has 7 heteroatoms. The number of carbonyl (C=O) groups excluding carboxylic acids is 1. The smallest absolute Gasteiger partial charge is 0.337 e. The lowest BCUT2D eigenvalue weighted by atomic mass is 10.1. The first kappa shape index (κ1) is 18.5. The third-order valence-corrected chi connectivity index (χ3v) is 4.06. The van der Waals surface area contributed by atoms with Crippen molar-refractivity contribution in [2.24, 2.45) is 0 Å². The minimum Gasteiger partial charge on any atom is -0.497 e. The van der Waals surface area contributed by atoms with E-state index in [2.05, 4.69) is 5.32 Å². The number of nitrogens with one attached hydrogen (secondary N) is 1. The van der Waals surface area contributed by atoms with Gasteiger partial charge in [-0.2, -0.15) is 0 Å². The van der Waals surface area contributed by atoms with Gasteiger partial charge in [-0.25, -0.2) is 4.79 Å². The second kappa shape index (κ2) is 6.98. The lowest BCUT2D eigenvalue weighted by molar-refractivity contribution is -0.155. The van der Waals surface area contributed by atoms with Gasteiger partial charge < -0.3 is 24.8 Å². The van der Waals surface area contributed by atoms with Crippen LogP contribution in [0.5, 0.6) is 5.75 Å². The molecule has 0 aliphatic heterocycles. The standard InChI is InChI=1S/C18H22N2O5/c1-11-9-15(16(21)19-10-18(3,24)17(22)23)12(2)20(11)13-5-7-14(25-4)8-6-13/h5-9,24H,10H2,1-4H3,(H,19,21)(H,22,23). The van der Waals surface area contributed by atoms with Gasteiger partial charge in [0.15, 0.2) is 5.60 Å². The van der Waals surface area contributed by atoms with Crippen molar-refractivity contribution < 1.29 is 24.5 Å². The molecule has 134 valence electrons. The van der Waals surface area contributed by atoms with Gasteiger partial charge in [-0.15, -0.1) is 0 Å². The number of aliphatic hydroxyl groups is 1. The van der Waals surface area contributed by atoms with Crippen LogP contribution in [0.3, 0.4) is 0 Å². The number of nitrogens with zero attached hydrogens (tertiary/aromatic N) is 1. The summed E-state index contributed by atoms with van der Waals surface area (Å²) in [4.78, 5) is 23.3. The lowest BCUT2D eigenvalue weighted by Gasteiger charge is -2.18. The molecule has 0 aliphatic rings. The third kappa shape index (κ3) is 3.83. The van der Waals surface area contributed by atoms with Crippen molar-refractivity contribution >= 4 is 11.9 Å².